The molecule has 0 spiro atoms. The van der Waals surface area contributed by atoms with Crippen LogP contribution in [0.1, 0.15) is 75.3 Å². The quantitative estimate of drug-likeness (QED) is 0.601. The average Bonchev–Trinajstić information content (AvgIpc) is 2.98. The van der Waals surface area contributed by atoms with Gasteiger partial charge in [-0.05, 0) is 49.9 Å². The highest BCUT2D eigenvalue weighted by atomic mass is 35.5. The van der Waals surface area contributed by atoms with Crippen molar-refractivity contribution in [1.82, 2.24) is 5.16 Å². The zero-order valence-corrected chi connectivity index (χ0v) is 16.3. The van der Waals surface area contributed by atoms with E-state index in [4.69, 9.17) is 21.9 Å². The minimum absolute atomic E-state index is 0.0664. The van der Waals surface area contributed by atoms with Gasteiger partial charge < -0.3 is 10.3 Å². The van der Waals surface area contributed by atoms with Gasteiger partial charge in [0.2, 0.25) is 5.88 Å². The molecule has 1 aromatic carbocycles. The third-order valence-corrected chi connectivity index (χ3v) is 4.20. The molecule has 0 saturated carbocycles. The largest absolute Gasteiger partial charge is 0.368 e. The van der Waals surface area contributed by atoms with Gasteiger partial charge in [-0.1, -0.05) is 50.4 Å². The number of nitrogens with zero attached hydrogens (tertiary/aromatic N) is 1. The summed E-state index contributed by atoms with van der Waals surface area (Å²) in [6, 6.07) is 8.70. The van der Waals surface area contributed by atoms with Crippen LogP contribution < -0.4 is 5.73 Å². The standard InChI is InChI=1S/C12H22N2O.C8H7ClO/c1-4-5-10(7-6-9(2)3)11-8-12(13)15-14-11;1-6(10)7-2-4-8(9)5-3-7/h8-10H,4-7,13H2,1-3H3;2-5H,1H3. The highest BCUT2D eigenvalue weighted by Crippen LogP contribution is 2.28. The van der Waals surface area contributed by atoms with Crippen LogP contribution in [0.2, 0.25) is 5.02 Å². The predicted molar refractivity (Wildman–Crippen MR) is 104 cm³/mol. The number of hydrogen-bond donors (Lipinski definition) is 1. The Balaban J connectivity index is 0.000000271. The second kappa shape index (κ2) is 10.9. The number of hydrogen-bond acceptors (Lipinski definition) is 4. The fourth-order valence-corrected chi connectivity index (χ4v) is 2.63. The summed E-state index contributed by atoms with van der Waals surface area (Å²) in [5.74, 6) is 1.75. The molecule has 1 heterocycles. The number of carbonyl (C=O) groups is 1. The first-order valence-electron chi connectivity index (χ1n) is 8.82. The monoisotopic (exact) mass is 364 g/mol. The summed E-state index contributed by atoms with van der Waals surface area (Å²) in [5.41, 5.74) is 7.26. The number of ketones is 1. The van der Waals surface area contributed by atoms with Crippen molar-refractivity contribution in [2.45, 2.75) is 59.3 Å². The van der Waals surface area contributed by atoms with Crippen LogP contribution in [0.15, 0.2) is 34.9 Å². The minimum Gasteiger partial charge on any atom is -0.368 e. The first-order chi connectivity index (χ1) is 11.8. The zero-order valence-electron chi connectivity index (χ0n) is 15.6. The van der Waals surface area contributed by atoms with E-state index in [2.05, 4.69) is 25.9 Å². The first kappa shape index (κ1) is 21.2. The summed E-state index contributed by atoms with van der Waals surface area (Å²) in [7, 11) is 0. The van der Waals surface area contributed by atoms with Crippen LogP contribution in [-0.4, -0.2) is 10.9 Å². The van der Waals surface area contributed by atoms with Crippen molar-refractivity contribution < 1.29 is 9.32 Å². The Bertz CT molecular complexity index is 635. The lowest BCUT2D eigenvalue weighted by Gasteiger charge is -2.14. The molecular formula is C20H29ClN2O2. The van der Waals surface area contributed by atoms with E-state index in [1.165, 1.54) is 32.6 Å². The van der Waals surface area contributed by atoms with Gasteiger partial charge in [-0.15, -0.1) is 0 Å². The summed E-state index contributed by atoms with van der Waals surface area (Å²) in [4.78, 5) is 10.7. The van der Waals surface area contributed by atoms with Gasteiger partial charge in [0.25, 0.3) is 0 Å². The molecule has 2 N–H and O–H groups in total. The molecule has 1 aromatic heterocycles. The molecular weight excluding hydrogens is 336 g/mol. The maximum atomic E-state index is 10.7. The summed E-state index contributed by atoms with van der Waals surface area (Å²) in [6.45, 7) is 8.23. The molecule has 5 heteroatoms. The second-order valence-corrected chi connectivity index (χ2v) is 7.11. The van der Waals surface area contributed by atoms with Crippen LogP contribution >= 0.6 is 11.6 Å². The van der Waals surface area contributed by atoms with E-state index in [0.717, 1.165) is 11.6 Å². The first-order valence-corrected chi connectivity index (χ1v) is 9.19. The van der Waals surface area contributed by atoms with Gasteiger partial charge in [-0.2, -0.15) is 0 Å². The fourth-order valence-electron chi connectivity index (χ4n) is 2.50. The van der Waals surface area contributed by atoms with Gasteiger partial charge in [0.05, 0.1) is 5.69 Å². The lowest BCUT2D eigenvalue weighted by Crippen LogP contribution is -2.01. The van der Waals surface area contributed by atoms with E-state index < -0.39 is 0 Å². The van der Waals surface area contributed by atoms with E-state index in [0.29, 0.717) is 22.4 Å². The highest BCUT2D eigenvalue weighted by molar-refractivity contribution is 6.30. The number of rotatable bonds is 7. The molecule has 2 rings (SSSR count). The number of Topliss-reactive ketones (excluding diaryl/α,β-unsaturated/α-hetero) is 1. The molecule has 0 aliphatic carbocycles. The van der Waals surface area contributed by atoms with Crippen LogP contribution in [0.3, 0.4) is 0 Å². The Morgan fingerprint density at radius 1 is 1.20 bits per heavy atom. The van der Waals surface area contributed by atoms with Crippen LogP contribution in [0.5, 0.6) is 0 Å². The van der Waals surface area contributed by atoms with E-state index in [1.807, 2.05) is 6.07 Å². The molecule has 138 valence electrons. The number of nitrogen functional groups attached to an aromatic ring is 1. The van der Waals surface area contributed by atoms with Crippen molar-refractivity contribution in [3.63, 3.8) is 0 Å². The number of halogens is 1. The second-order valence-electron chi connectivity index (χ2n) is 6.67. The van der Waals surface area contributed by atoms with Crippen molar-refractivity contribution in [3.8, 4) is 0 Å². The molecule has 0 fully saturated rings. The Morgan fingerprint density at radius 2 is 1.84 bits per heavy atom. The zero-order chi connectivity index (χ0) is 18.8. The lowest BCUT2D eigenvalue weighted by atomic mass is 9.91. The van der Waals surface area contributed by atoms with E-state index in [1.54, 1.807) is 24.3 Å². The predicted octanol–water partition coefficient (Wildman–Crippen LogP) is 6.12. The van der Waals surface area contributed by atoms with Crippen LogP contribution in [0, 0.1) is 5.92 Å². The SMILES string of the molecule is CC(=O)c1ccc(Cl)cc1.CCCC(CCC(C)C)c1cc(N)on1. The molecule has 0 saturated heterocycles. The third-order valence-electron chi connectivity index (χ3n) is 3.95. The van der Waals surface area contributed by atoms with Crippen molar-refractivity contribution in [1.29, 1.82) is 0 Å². The van der Waals surface area contributed by atoms with Crippen molar-refractivity contribution in [3.05, 3.63) is 46.6 Å². The van der Waals surface area contributed by atoms with Gasteiger partial charge in [-0.25, -0.2) is 0 Å². The number of nitrogens with two attached hydrogens (primary N) is 1. The Hall–Kier alpha value is -1.81. The molecule has 0 amide bonds. The minimum atomic E-state index is 0.0664. The summed E-state index contributed by atoms with van der Waals surface area (Å²) >= 11 is 5.61. The number of aromatic nitrogens is 1. The van der Waals surface area contributed by atoms with Gasteiger partial charge >= 0.3 is 0 Å². The Labute approximate surface area is 155 Å². The van der Waals surface area contributed by atoms with E-state index in [9.17, 15) is 4.79 Å². The van der Waals surface area contributed by atoms with E-state index >= 15 is 0 Å². The van der Waals surface area contributed by atoms with Crippen molar-refractivity contribution in [2.75, 3.05) is 5.73 Å². The van der Waals surface area contributed by atoms with Crippen LogP contribution in [0.25, 0.3) is 0 Å². The van der Waals surface area contributed by atoms with Crippen molar-refractivity contribution in [2.24, 2.45) is 5.92 Å². The summed E-state index contributed by atoms with van der Waals surface area (Å²) < 4.78 is 4.93. The molecule has 1 atom stereocenters. The molecule has 0 aliphatic heterocycles. The topological polar surface area (TPSA) is 69.1 Å². The molecule has 2 aromatic rings. The fraction of sp³-hybridized carbons (Fsp3) is 0.500. The van der Waals surface area contributed by atoms with Gasteiger partial charge in [0, 0.05) is 22.6 Å². The smallest absolute Gasteiger partial charge is 0.222 e. The normalized spacial score (nSPS) is 11.8. The average molecular weight is 365 g/mol. The molecule has 0 aliphatic rings. The molecule has 1 unspecified atom stereocenters. The summed E-state index contributed by atoms with van der Waals surface area (Å²) in [6.07, 6.45) is 4.75. The number of anilines is 1. The maximum Gasteiger partial charge on any atom is 0.222 e. The van der Waals surface area contributed by atoms with Gasteiger partial charge in [-0.3, -0.25) is 4.79 Å². The highest BCUT2D eigenvalue weighted by Gasteiger charge is 2.15. The van der Waals surface area contributed by atoms with E-state index in [-0.39, 0.29) is 5.78 Å². The number of benzene rings is 1. The number of carbonyl (C=O) groups excluding carboxylic acids is 1. The van der Waals surface area contributed by atoms with Gasteiger partial charge in [0.15, 0.2) is 5.78 Å². The van der Waals surface area contributed by atoms with Crippen molar-refractivity contribution >= 4 is 23.3 Å². The lowest BCUT2D eigenvalue weighted by molar-refractivity contribution is 0.101. The maximum absolute atomic E-state index is 10.7. The van der Waals surface area contributed by atoms with Crippen LogP contribution in [0.4, 0.5) is 5.88 Å². The van der Waals surface area contributed by atoms with Gasteiger partial charge in [0.1, 0.15) is 0 Å². The molecule has 0 radical (unpaired) electrons. The molecule has 0 bridgehead atoms. The Kier molecular flexibility index (Phi) is 9.28. The Morgan fingerprint density at radius 3 is 2.28 bits per heavy atom. The molecule has 25 heavy (non-hydrogen) atoms. The summed E-state index contributed by atoms with van der Waals surface area (Å²) in [5, 5.41) is 4.67. The third kappa shape index (κ3) is 8.21. The van der Waals surface area contributed by atoms with Crippen LogP contribution in [-0.2, 0) is 0 Å². The molecule has 4 nitrogen and oxygen atoms in total.